The molecule has 1 fully saturated rings. The van der Waals surface area contributed by atoms with Crippen LogP contribution in [0.25, 0.3) is 0 Å². The van der Waals surface area contributed by atoms with Crippen molar-refractivity contribution in [2.45, 2.75) is 30.9 Å². The van der Waals surface area contributed by atoms with Gasteiger partial charge in [-0.3, -0.25) is 9.59 Å². The van der Waals surface area contributed by atoms with Crippen LogP contribution in [0.2, 0.25) is 0 Å². The molecule has 0 aromatic rings. The highest BCUT2D eigenvalue weighted by Gasteiger charge is 2.30. The van der Waals surface area contributed by atoms with Crippen LogP contribution in [0.1, 0.15) is 25.7 Å². The highest BCUT2D eigenvalue weighted by atomic mass is 32.2. The highest BCUT2D eigenvalue weighted by Crippen LogP contribution is 2.30. The van der Waals surface area contributed by atoms with Gasteiger partial charge in [-0.2, -0.15) is 0 Å². The van der Waals surface area contributed by atoms with Crippen LogP contribution < -0.4 is 5.73 Å². The predicted molar refractivity (Wildman–Crippen MR) is 70.5 cm³/mol. The van der Waals surface area contributed by atoms with Gasteiger partial charge in [0, 0.05) is 18.1 Å². The first-order chi connectivity index (χ1) is 7.91. The lowest BCUT2D eigenvalue weighted by molar-refractivity contribution is -0.137. The number of nitrogens with one attached hydrogen (secondary N) is 1. The summed E-state index contributed by atoms with van der Waals surface area (Å²) < 4.78 is 0.487. The number of carbonyl (C=O) groups is 2. The Bertz CT molecular complexity index is 371. The molecule has 1 saturated carbocycles. The Hall–Kier alpha value is -0.950. The fourth-order valence-electron chi connectivity index (χ4n) is 1.69. The number of aliphatic carboxylic acids is 1. The number of carboxylic acids is 1. The number of thiocarbonyl (C=S) groups is 1. The van der Waals surface area contributed by atoms with E-state index in [9.17, 15) is 9.59 Å². The van der Waals surface area contributed by atoms with Crippen LogP contribution in [0.3, 0.4) is 0 Å². The molecule has 4 N–H and O–H groups in total. The second-order valence-corrected chi connectivity index (χ2v) is 5.85. The smallest absolute Gasteiger partial charge is 0.317 e. The number of primary amides is 1. The van der Waals surface area contributed by atoms with E-state index in [2.05, 4.69) is 0 Å². The van der Waals surface area contributed by atoms with Gasteiger partial charge in [-0.1, -0.05) is 12.2 Å². The first-order valence-corrected chi connectivity index (χ1v) is 6.49. The van der Waals surface area contributed by atoms with Crippen molar-refractivity contribution in [1.82, 2.24) is 0 Å². The van der Waals surface area contributed by atoms with Gasteiger partial charge < -0.3 is 16.2 Å². The fraction of sp³-hybridized carbons (Fsp3) is 0.600. The Morgan fingerprint density at radius 1 is 1.65 bits per heavy atom. The molecule has 2 unspecified atom stereocenters. The number of hydrogen-bond donors (Lipinski definition) is 3. The van der Waals surface area contributed by atoms with Crippen LogP contribution >= 0.6 is 24.0 Å². The molecular formula is C10H14N2O3S2. The summed E-state index contributed by atoms with van der Waals surface area (Å²) in [6, 6.07) is 0. The number of thioether (sulfide) groups is 1. The average Bonchev–Trinajstić information content (AvgIpc) is 2.62. The average molecular weight is 274 g/mol. The van der Waals surface area contributed by atoms with Gasteiger partial charge in [0.05, 0.1) is 4.20 Å². The molecule has 1 amide bonds. The maximum Gasteiger partial charge on any atom is 0.317 e. The standard InChI is InChI=1S/C10H14N2O3S2/c11-6-3-1-2-5(6)10(16)17-7(9(14)15)4-8(12)13/h5,7,11H,1-4H2,(H2,12,13)(H,14,15). The maximum absolute atomic E-state index is 10.9. The normalized spacial score (nSPS) is 21.2. The molecule has 0 aromatic heterocycles. The number of rotatable bonds is 5. The molecular weight excluding hydrogens is 260 g/mol. The summed E-state index contributed by atoms with van der Waals surface area (Å²) in [7, 11) is 0. The number of carboxylic acid groups (broad SMARTS) is 1. The third-order valence-electron chi connectivity index (χ3n) is 2.56. The van der Waals surface area contributed by atoms with Crippen molar-refractivity contribution < 1.29 is 14.7 Å². The summed E-state index contributed by atoms with van der Waals surface area (Å²) in [5.74, 6) is -1.88. The molecule has 7 heteroatoms. The quantitative estimate of drug-likeness (QED) is 0.653. The molecule has 0 radical (unpaired) electrons. The molecule has 17 heavy (non-hydrogen) atoms. The van der Waals surface area contributed by atoms with E-state index >= 15 is 0 Å². The second kappa shape index (κ2) is 6.11. The number of nitrogens with two attached hydrogens (primary N) is 1. The van der Waals surface area contributed by atoms with Crippen molar-refractivity contribution in [2.75, 3.05) is 0 Å². The maximum atomic E-state index is 10.9. The summed E-state index contributed by atoms with van der Waals surface area (Å²) in [5, 5.41) is 15.7. The minimum atomic E-state index is -1.10. The van der Waals surface area contributed by atoms with Gasteiger partial charge in [0.25, 0.3) is 0 Å². The second-order valence-electron chi connectivity index (χ2n) is 3.90. The van der Waals surface area contributed by atoms with Crippen LogP contribution in [0.15, 0.2) is 0 Å². The number of amides is 1. The molecule has 0 aliphatic heterocycles. The third-order valence-corrected chi connectivity index (χ3v) is 4.31. The van der Waals surface area contributed by atoms with Crippen LogP contribution in [0.5, 0.6) is 0 Å². The van der Waals surface area contributed by atoms with Gasteiger partial charge in [-0.05, 0) is 19.3 Å². The van der Waals surface area contributed by atoms with E-state index in [0.717, 1.165) is 31.0 Å². The third kappa shape index (κ3) is 4.08. The van der Waals surface area contributed by atoms with Gasteiger partial charge in [0.2, 0.25) is 5.91 Å². The van der Waals surface area contributed by atoms with Gasteiger partial charge >= 0.3 is 5.97 Å². The molecule has 0 spiro atoms. The fourth-order valence-corrected chi connectivity index (χ4v) is 3.35. The Morgan fingerprint density at radius 2 is 2.29 bits per heavy atom. The van der Waals surface area contributed by atoms with Gasteiger partial charge in [0.15, 0.2) is 0 Å². The van der Waals surface area contributed by atoms with Crippen LogP contribution in [-0.4, -0.2) is 32.1 Å². The lowest BCUT2D eigenvalue weighted by Crippen LogP contribution is -2.27. The largest absolute Gasteiger partial charge is 0.480 e. The van der Waals surface area contributed by atoms with E-state index in [0.29, 0.717) is 9.91 Å². The van der Waals surface area contributed by atoms with E-state index in [1.807, 2.05) is 0 Å². The molecule has 0 aromatic carbocycles. The minimum Gasteiger partial charge on any atom is -0.480 e. The van der Waals surface area contributed by atoms with Gasteiger partial charge in [-0.15, -0.1) is 11.8 Å². The van der Waals surface area contributed by atoms with Crippen molar-refractivity contribution >= 4 is 45.8 Å². The molecule has 2 atom stereocenters. The van der Waals surface area contributed by atoms with E-state index in [1.165, 1.54) is 0 Å². The van der Waals surface area contributed by atoms with Gasteiger partial charge in [0.1, 0.15) is 5.25 Å². The number of hydrogen-bond acceptors (Lipinski definition) is 5. The zero-order valence-electron chi connectivity index (χ0n) is 9.14. The van der Waals surface area contributed by atoms with Gasteiger partial charge in [-0.25, -0.2) is 0 Å². The van der Waals surface area contributed by atoms with Crippen molar-refractivity contribution in [3.05, 3.63) is 0 Å². The molecule has 0 saturated heterocycles. The Morgan fingerprint density at radius 3 is 2.71 bits per heavy atom. The molecule has 1 rings (SSSR count). The molecule has 0 bridgehead atoms. The zero-order valence-corrected chi connectivity index (χ0v) is 10.8. The Labute approximate surface area is 109 Å². The summed E-state index contributed by atoms with van der Waals surface area (Å²) in [4.78, 5) is 21.7. The summed E-state index contributed by atoms with van der Waals surface area (Å²) >= 11 is 6.12. The summed E-state index contributed by atoms with van der Waals surface area (Å²) in [6.45, 7) is 0. The van der Waals surface area contributed by atoms with Crippen LogP contribution in [-0.2, 0) is 9.59 Å². The zero-order chi connectivity index (χ0) is 13.0. The SMILES string of the molecule is N=C1CCCC1C(=S)SC(CC(N)=O)C(=O)O. The molecule has 1 aliphatic rings. The molecule has 94 valence electrons. The first-order valence-electron chi connectivity index (χ1n) is 5.20. The summed E-state index contributed by atoms with van der Waals surface area (Å²) in [5.41, 5.74) is 5.55. The van der Waals surface area contributed by atoms with Crippen molar-refractivity contribution in [3.63, 3.8) is 0 Å². The van der Waals surface area contributed by atoms with Crippen LogP contribution in [0, 0.1) is 11.3 Å². The summed E-state index contributed by atoms with van der Waals surface area (Å²) in [6.07, 6.45) is 2.20. The number of carbonyl (C=O) groups excluding carboxylic acids is 1. The lowest BCUT2D eigenvalue weighted by atomic mass is 10.1. The molecule has 5 nitrogen and oxygen atoms in total. The van der Waals surface area contributed by atoms with Crippen molar-refractivity contribution in [3.8, 4) is 0 Å². The van der Waals surface area contributed by atoms with E-state index in [1.54, 1.807) is 0 Å². The predicted octanol–water partition coefficient (Wildman–Crippen LogP) is 1.20. The lowest BCUT2D eigenvalue weighted by Gasteiger charge is -2.15. The Kier molecular flexibility index (Phi) is 5.07. The van der Waals surface area contributed by atoms with E-state index < -0.39 is 17.1 Å². The topological polar surface area (TPSA) is 104 Å². The molecule has 1 aliphatic carbocycles. The Balaban J connectivity index is 2.60. The van der Waals surface area contributed by atoms with Crippen molar-refractivity contribution in [2.24, 2.45) is 11.7 Å². The monoisotopic (exact) mass is 274 g/mol. The van der Waals surface area contributed by atoms with Crippen LogP contribution in [0.4, 0.5) is 0 Å². The first kappa shape index (κ1) is 14.1. The minimum absolute atomic E-state index is 0.121. The highest BCUT2D eigenvalue weighted by molar-refractivity contribution is 8.24. The van der Waals surface area contributed by atoms with Crippen molar-refractivity contribution in [1.29, 1.82) is 5.41 Å². The van der Waals surface area contributed by atoms with E-state index in [-0.39, 0.29) is 12.3 Å². The molecule has 0 heterocycles. The van der Waals surface area contributed by atoms with E-state index in [4.69, 9.17) is 28.5 Å².